The molecule has 2 aromatic rings. The second-order valence-electron chi connectivity index (χ2n) is 7.02. The van der Waals surface area contributed by atoms with Crippen LogP contribution in [0, 0.1) is 5.92 Å². The van der Waals surface area contributed by atoms with Crippen LogP contribution in [0.5, 0.6) is 0 Å². The molecule has 0 radical (unpaired) electrons. The molecule has 29 heavy (non-hydrogen) atoms. The van der Waals surface area contributed by atoms with Gasteiger partial charge in [-0.2, -0.15) is 4.31 Å². The molecule has 2 aliphatic heterocycles. The van der Waals surface area contributed by atoms with Crippen LogP contribution in [0.3, 0.4) is 0 Å². The average Bonchev–Trinajstić information content (AvgIpc) is 3.02. The monoisotopic (exact) mass is 413 g/mol. The molecule has 2 heterocycles. The number of anilines is 1. The number of fused-ring (bicyclic) bond motifs is 1. The lowest BCUT2D eigenvalue weighted by Gasteiger charge is -2.30. The zero-order chi connectivity index (χ0) is 20.6. The second-order valence-corrected chi connectivity index (χ2v) is 8.96. The average molecular weight is 413 g/mol. The summed E-state index contributed by atoms with van der Waals surface area (Å²) in [5.74, 6) is -1.52. The van der Waals surface area contributed by atoms with Crippen molar-refractivity contribution in [3.05, 3.63) is 59.7 Å². The van der Waals surface area contributed by atoms with Gasteiger partial charge in [0.1, 0.15) is 0 Å². The third-order valence-electron chi connectivity index (χ3n) is 5.21. The van der Waals surface area contributed by atoms with Crippen LogP contribution in [0.1, 0.15) is 33.6 Å². The maximum atomic E-state index is 13.0. The topological polar surface area (TPSA) is 113 Å². The SMILES string of the molecule is O=C1NC(=O)c2cc(S(=O)(=O)N3CCC(C(=O)Nc4ccccc4)CC3)ccc21. The first kappa shape index (κ1) is 19.3. The molecule has 0 bridgehead atoms. The minimum Gasteiger partial charge on any atom is -0.326 e. The summed E-state index contributed by atoms with van der Waals surface area (Å²) in [5, 5.41) is 5.00. The number of rotatable bonds is 4. The first-order valence-corrected chi connectivity index (χ1v) is 10.7. The molecule has 150 valence electrons. The van der Waals surface area contributed by atoms with Crippen molar-refractivity contribution in [2.75, 3.05) is 18.4 Å². The highest BCUT2D eigenvalue weighted by Gasteiger charge is 2.34. The number of sulfonamides is 1. The number of hydrogen-bond donors (Lipinski definition) is 2. The number of carbonyl (C=O) groups excluding carboxylic acids is 3. The van der Waals surface area contributed by atoms with Crippen molar-refractivity contribution in [2.24, 2.45) is 5.92 Å². The largest absolute Gasteiger partial charge is 0.326 e. The Labute approximate surface area is 168 Å². The maximum Gasteiger partial charge on any atom is 0.258 e. The summed E-state index contributed by atoms with van der Waals surface area (Å²) in [6.07, 6.45) is 0.809. The van der Waals surface area contributed by atoms with Gasteiger partial charge >= 0.3 is 0 Å². The predicted octanol–water partition coefficient (Wildman–Crippen LogP) is 1.61. The van der Waals surface area contributed by atoms with Gasteiger partial charge in [-0.15, -0.1) is 0 Å². The quantitative estimate of drug-likeness (QED) is 0.740. The van der Waals surface area contributed by atoms with Crippen molar-refractivity contribution in [1.82, 2.24) is 9.62 Å². The molecule has 1 saturated heterocycles. The second kappa shape index (κ2) is 7.41. The number of nitrogens with zero attached hydrogens (tertiary/aromatic N) is 1. The van der Waals surface area contributed by atoms with E-state index in [1.807, 2.05) is 18.2 Å². The normalized spacial score (nSPS) is 17.7. The highest BCUT2D eigenvalue weighted by Crippen LogP contribution is 2.27. The van der Waals surface area contributed by atoms with E-state index >= 15 is 0 Å². The lowest BCUT2D eigenvalue weighted by molar-refractivity contribution is -0.120. The van der Waals surface area contributed by atoms with E-state index < -0.39 is 21.8 Å². The van der Waals surface area contributed by atoms with Crippen LogP contribution < -0.4 is 10.6 Å². The van der Waals surface area contributed by atoms with Crippen molar-refractivity contribution in [2.45, 2.75) is 17.7 Å². The maximum absolute atomic E-state index is 13.0. The fourth-order valence-electron chi connectivity index (χ4n) is 3.58. The van der Waals surface area contributed by atoms with Gasteiger partial charge in [0.05, 0.1) is 16.0 Å². The lowest BCUT2D eigenvalue weighted by atomic mass is 9.97. The molecule has 0 spiro atoms. The van der Waals surface area contributed by atoms with Crippen molar-refractivity contribution >= 4 is 33.4 Å². The predicted molar refractivity (Wildman–Crippen MR) is 105 cm³/mol. The summed E-state index contributed by atoms with van der Waals surface area (Å²) in [6, 6.07) is 13.0. The number of nitrogens with one attached hydrogen (secondary N) is 2. The summed E-state index contributed by atoms with van der Waals surface area (Å²) >= 11 is 0. The molecule has 2 aliphatic rings. The highest BCUT2D eigenvalue weighted by atomic mass is 32.2. The third-order valence-corrected chi connectivity index (χ3v) is 7.11. The van der Waals surface area contributed by atoms with Gasteiger partial charge in [0.25, 0.3) is 11.8 Å². The molecule has 9 heteroatoms. The Morgan fingerprint density at radius 1 is 0.966 bits per heavy atom. The zero-order valence-corrected chi connectivity index (χ0v) is 16.2. The Balaban J connectivity index is 1.44. The molecule has 3 amide bonds. The van der Waals surface area contributed by atoms with Gasteiger partial charge < -0.3 is 5.32 Å². The molecule has 4 rings (SSSR count). The van der Waals surface area contributed by atoms with Gasteiger partial charge in [-0.3, -0.25) is 19.7 Å². The first-order valence-electron chi connectivity index (χ1n) is 9.22. The molecule has 0 unspecified atom stereocenters. The Morgan fingerprint density at radius 2 is 1.62 bits per heavy atom. The standard InChI is InChI=1S/C20H19N3O5S/c24-18(21-14-4-2-1-3-5-14)13-8-10-23(11-9-13)29(27,28)15-6-7-16-17(12-15)20(26)22-19(16)25/h1-7,12-13H,8-11H2,(H,21,24)(H,22,25,26). The number of piperidine rings is 1. The van der Waals surface area contributed by atoms with E-state index in [-0.39, 0.29) is 40.9 Å². The van der Waals surface area contributed by atoms with E-state index in [2.05, 4.69) is 10.6 Å². The summed E-state index contributed by atoms with van der Waals surface area (Å²) < 4.78 is 27.2. The first-order chi connectivity index (χ1) is 13.9. The van der Waals surface area contributed by atoms with Gasteiger partial charge in [-0.1, -0.05) is 18.2 Å². The molecule has 2 aromatic carbocycles. The zero-order valence-electron chi connectivity index (χ0n) is 15.4. The molecule has 2 N–H and O–H groups in total. The van der Waals surface area contributed by atoms with E-state index in [4.69, 9.17) is 0 Å². The van der Waals surface area contributed by atoms with Crippen molar-refractivity contribution in [3.63, 3.8) is 0 Å². The molecule has 0 saturated carbocycles. The third kappa shape index (κ3) is 3.66. The van der Waals surface area contributed by atoms with Gasteiger partial charge in [0.2, 0.25) is 15.9 Å². The van der Waals surface area contributed by atoms with Crippen LogP contribution in [0.15, 0.2) is 53.4 Å². The van der Waals surface area contributed by atoms with Gasteiger partial charge in [-0.25, -0.2) is 8.42 Å². The number of para-hydroxylation sites is 1. The minimum absolute atomic E-state index is 0.0340. The summed E-state index contributed by atoms with van der Waals surface area (Å²) in [7, 11) is -3.82. The van der Waals surface area contributed by atoms with Gasteiger partial charge in [0.15, 0.2) is 0 Å². The Morgan fingerprint density at radius 3 is 2.31 bits per heavy atom. The molecule has 8 nitrogen and oxygen atoms in total. The van der Waals surface area contributed by atoms with Gasteiger partial charge in [-0.05, 0) is 43.2 Å². The van der Waals surface area contributed by atoms with E-state index in [0.29, 0.717) is 18.5 Å². The van der Waals surface area contributed by atoms with E-state index in [0.717, 1.165) is 0 Å². The summed E-state index contributed by atoms with van der Waals surface area (Å²) in [6.45, 7) is 0.412. The van der Waals surface area contributed by atoms with Crippen LogP contribution in [-0.2, 0) is 14.8 Å². The summed E-state index contributed by atoms with van der Waals surface area (Å²) in [5.41, 5.74) is 0.942. The number of carbonyl (C=O) groups is 3. The van der Waals surface area contributed by atoms with E-state index in [9.17, 15) is 22.8 Å². The Hall–Kier alpha value is -3.04. The number of benzene rings is 2. The molecule has 0 aromatic heterocycles. The van der Waals surface area contributed by atoms with E-state index in [1.54, 1.807) is 12.1 Å². The van der Waals surface area contributed by atoms with Crippen LogP contribution in [0.4, 0.5) is 5.69 Å². The number of amides is 3. The van der Waals surface area contributed by atoms with Crippen LogP contribution in [0.2, 0.25) is 0 Å². The van der Waals surface area contributed by atoms with Crippen molar-refractivity contribution in [3.8, 4) is 0 Å². The van der Waals surface area contributed by atoms with E-state index in [1.165, 1.54) is 22.5 Å². The summed E-state index contributed by atoms with van der Waals surface area (Å²) in [4.78, 5) is 35.9. The van der Waals surface area contributed by atoms with Crippen LogP contribution in [0.25, 0.3) is 0 Å². The van der Waals surface area contributed by atoms with Crippen LogP contribution >= 0.6 is 0 Å². The van der Waals surface area contributed by atoms with Crippen molar-refractivity contribution in [1.29, 1.82) is 0 Å². The fourth-order valence-corrected chi connectivity index (χ4v) is 5.08. The van der Waals surface area contributed by atoms with Crippen molar-refractivity contribution < 1.29 is 22.8 Å². The minimum atomic E-state index is -3.82. The Bertz CT molecular complexity index is 1090. The highest BCUT2D eigenvalue weighted by molar-refractivity contribution is 7.89. The molecule has 0 aliphatic carbocycles. The molecule has 1 fully saturated rings. The lowest BCUT2D eigenvalue weighted by Crippen LogP contribution is -2.41. The number of imide groups is 1. The Kier molecular flexibility index (Phi) is 4.93. The van der Waals surface area contributed by atoms with Crippen LogP contribution in [-0.4, -0.2) is 43.5 Å². The molecular formula is C20H19N3O5S. The molecular weight excluding hydrogens is 394 g/mol. The number of hydrogen-bond acceptors (Lipinski definition) is 5. The van der Waals surface area contributed by atoms with Gasteiger partial charge in [0, 0.05) is 24.7 Å². The molecule has 0 atom stereocenters. The fraction of sp³-hybridized carbons (Fsp3) is 0.250. The smallest absolute Gasteiger partial charge is 0.258 e.